The van der Waals surface area contributed by atoms with Crippen LogP contribution < -0.4 is 0 Å². The molecule has 1 atom stereocenters. The lowest BCUT2D eigenvalue weighted by atomic mass is 9.96. The summed E-state index contributed by atoms with van der Waals surface area (Å²) in [6.07, 6.45) is 4.02. The van der Waals surface area contributed by atoms with E-state index in [4.69, 9.17) is 0 Å². The Hall–Kier alpha value is -1.77. The molecule has 0 spiro atoms. The van der Waals surface area contributed by atoms with Crippen molar-refractivity contribution in [2.75, 3.05) is 0 Å². The Balaban J connectivity index is 1.97. The van der Waals surface area contributed by atoms with E-state index >= 15 is 0 Å². The lowest BCUT2D eigenvalue weighted by Crippen LogP contribution is -2.09. The summed E-state index contributed by atoms with van der Waals surface area (Å²) in [5.74, 6) is 0.136. The molecule has 0 N–H and O–H groups in total. The molecule has 1 aromatic carbocycles. The molecular weight excluding hydrogens is 228 g/mol. The van der Waals surface area contributed by atoms with E-state index in [1.165, 1.54) is 0 Å². The molecule has 0 heterocycles. The van der Waals surface area contributed by atoms with Crippen molar-refractivity contribution in [3.63, 3.8) is 0 Å². The van der Waals surface area contributed by atoms with E-state index < -0.39 is 5.78 Å². The summed E-state index contributed by atoms with van der Waals surface area (Å²) < 4.78 is 0. The Kier molecular flexibility index (Phi) is 4.03. The van der Waals surface area contributed by atoms with Crippen molar-refractivity contribution in [1.82, 2.24) is 0 Å². The van der Waals surface area contributed by atoms with Crippen LogP contribution >= 0.6 is 0 Å². The van der Waals surface area contributed by atoms with Crippen molar-refractivity contribution < 1.29 is 14.4 Å². The van der Waals surface area contributed by atoms with Gasteiger partial charge in [-0.1, -0.05) is 24.3 Å². The lowest BCUT2D eigenvalue weighted by Gasteiger charge is -2.08. The van der Waals surface area contributed by atoms with Gasteiger partial charge in [-0.15, -0.1) is 0 Å². The first-order valence-electron chi connectivity index (χ1n) is 6.27. The van der Waals surface area contributed by atoms with Gasteiger partial charge in [0.15, 0.2) is 12.1 Å². The van der Waals surface area contributed by atoms with Gasteiger partial charge in [0.1, 0.15) is 5.78 Å². The number of rotatable bonds is 5. The molecule has 0 bridgehead atoms. The quantitative estimate of drug-likeness (QED) is 0.587. The second kappa shape index (κ2) is 5.71. The van der Waals surface area contributed by atoms with Gasteiger partial charge in [0.2, 0.25) is 0 Å². The maximum Gasteiger partial charge on any atom is 0.199 e. The van der Waals surface area contributed by atoms with Crippen LogP contribution in [-0.2, 0) is 27.2 Å². The largest absolute Gasteiger partial charge is 0.299 e. The molecule has 0 aliphatic heterocycles. The first-order valence-corrected chi connectivity index (χ1v) is 6.27. The van der Waals surface area contributed by atoms with Crippen LogP contribution in [0.1, 0.15) is 30.4 Å². The fraction of sp³-hybridized carbons (Fsp3) is 0.400. The molecule has 1 saturated carbocycles. The normalized spacial score (nSPS) is 18.9. The standard InChI is InChI=1S/C15H16O3/c16-10-14(17)9-12-6-4-11(5-7-12)8-13-2-1-3-15(13)18/h4-7,10,13H,1-3,8-9H2. The molecule has 94 valence electrons. The summed E-state index contributed by atoms with van der Waals surface area (Å²) in [5, 5.41) is 0. The van der Waals surface area contributed by atoms with E-state index in [-0.39, 0.29) is 12.3 Å². The van der Waals surface area contributed by atoms with Crippen LogP contribution in [0.15, 0.2) is 24.3 Å². The van der Waals surface area contributed by atoms with Crippen LogP contribution in [-0.4, -0.2) is 17.9 Å². The SMILES string of the molecule is O=CC(=O)Cc1ccc(CC2CCCC2=O)cc1. The third-order valence-electron chi connectivity index (χ3n) is 3.45. The van der Waals surface area contributed by atoms with E-state index in [1.54, 1.807) is 0 Å². The highest BCUT2D eigenvalue weighted by atomic mass is 16.2. The topological polar surface area (TPSA) is 51.2 Å². The molecule has 1 unspecified atom stereocenters. The molecule has 0 saturated heterocycles. The number of ketones is 2. The summed E-state index contributed by atoms with van der Waals surface area (Å²) in [6.45, 7) is 0. The van der Waals surface area contributed by atoms with Crippen molar-refractivity contribution in [3.05, 3.63) is 35.4 Å². The van der Waals surface area contributed by atoms with Gasteiger partial charge < -0.3 is 0 Å². The van der Waals surface area contributed by atoms with Crippen molar-refractivity contribution in [3.8, 4) is 0 Å². The Labute approximate surface area is 106 Å². The third kappa shape index (κ3) is 3.13. The number of Topliss-reactive ketones (excluding diaryl/α,β-unsaturated/α-hetero) is 2. The fourth-order valence-corrected chi connectivity index (χ4v) is 2.42. The van der Waals surface area contributed by atoms with Gasteiger partial charge in [0.25, 0.3) is 0 Å². The average molecular weight is 244 g/mol. The van der Waals surface area contributed by atoms with Crippen molar-refractivity contribution in [2.24, 2.45) is 5.92 Å². The number of aldehydes is 1. The van der Waals surface area contributed by atoms with Gasteiger partial charge in [-0.3, -0.25) is 14.4 Å². The zero-order chi connectivity index (χ0) is 13.0. The highest BCUT2D eigenvalue weighted by Gasteiger charge is 2.24. The number of hydrogen-bond acceptors (Lipinski definition) is 3. The molecule has 3 heteroatoms. The van der Waals surface area contributed by atoms with E-state index in [1.807, 2.05) is 24.3 Å². The molecule has 1 aliphatic rings. The highest BCUT2D eigenvalue weighted by molar-refractivity contribution is 6.25. The van der Waals surface area contributed by atoms with E-state index in [0.29, 0.717) is 12.1 Å². The van der Waals surface area contributed by atoms with Crippen molar-refractivity contribution in [1.29, 1.82) is 0 Å². The van der Waals surface area contributed by atoms with Crippen LogP contribution in [0.5, 0.6) is 0 Å². The van der Waals surface area contributed by atoms with Crippen molar-refractivity contribution >= 4 is 17.9 Å². The Morgan fingerprint density at radius 3 is 2.44 bits per heavy atom. The second-order valence-electron chi connectivity index (χ2n) is 4.84. The number of hydrogen-bond donors (Lipinski definition) is 0. The number of carbonyl (C=O) groups excluding carboxylic acids is 3. The van der Waals surface area contributed by atoms with Crippen LogP contribution in [0, 0.1) is 5.92 Å². The van der Waals surface area contributed by atoms with E-state index in [9.17, 15) is 14.4 Å². The molecule has 18 heavy (non-hydrogen) atoms. The highest BCUT2D eigenvalue weighted by Crippen LogP contribution is 2.25. The van der Waals surface area contributed by atoms with Crippen LogP contribution in [0.2, 0.25) is 0 Å². The molecule has 0 aromatic heterocycles. The van der Waals surface area contributed by atoms with Gasteiger partial charge in [0.05, 0.1) is 0 Å². The maximum absolute atomic E-state index is 11.5. The monoisotopic (exact) mass is 244 g/mol. The number of benzene rings is 1. The van der Waals surface area contributed by atoms with Gasteiger partial charge >= 0.3 is 0 Å². The van der Waals surface area contributed by atoms with Gasteiger partial charge in [-0.05, 0) is 30.4 Å². The maximum atomic E-state index is 11.5. The summed E-state index contributed by atoms with van der Waals surface area (Å²) >= 11 is 0. The molecule has 1 aromatic rings. The van der Waals surface area contributed by atoms with E-state index in [2.05, 4.69) is 0 Å². The Morgan fingerprint density at radius 2 is 1.89 bits per heavy atom. The smallest absolute Gasteiger partial charge is 0.199 e. The first-order chi connectivity index (χ1) is 8.69. The minimum atomic E-state index is -0.409. The molecule has 2 rings (SSSR count). The predicted octanol–water partition coefficient (Wildman–Crippen LogP) is 1.91. The summed E-state index contributed by atoms with van der Waals surface area (Å²) in [6, 6.07) is 7.60. The molecule has 0 amide bonds. The summed E-state index contributed by atoms with van der Waals surface area (Å²) in [4.78, 5) is 32.8. The van der Waals surface area contributed by atoms with E-state index in [0.717, 1.165) is 36.8 Å². The van der Waals surface area contributed by atoms with Gasteiger partial charge in [-0.25, -0.2) is 0 Å². The molecular formula is C15H16O3. The molecule has 0 radical (unpaired) electrons. The molecule has 3 nitrogen and oxygen atoms in total. The zero-order valence-corrected chi connectivity index (χ0v) is 10.2. The first kappa shape index (κ1) is 12.7. The Bertz CT molecular complexity index is 459. The molecule has 1 aliphatic carbocycles. The zero-order valence-electron chi connectivity index (χ0n) is 10.2. The Morgan fingerprint density at radius 1 is 1.22 bits per heavy atom. The third-order valence-corrected chi connectivity index (χ3v) is 3.45. The van der Waals surface area contributed by atoms with Crippen LogP contribution in [0.25, 0.3) is 0 Å². The predicted molar refractivity (Wildman–Crippen MR) is 67.3 cm³/mol. The summed E-state index contributed by atoms with van der Waals surface area (Å²) in [5.41, 5.74) is 1.96. The molecule has 1 fully saturated rings. The number of carbonyl (C=O) groups is 3. The minimum Gasteiger partial charge on any atom is -0.299 e. The van der Waals surface area contributed by atoms with Crippen LogP contribution in [0.3, 0.4) is 0 Å². The second-order valence-corrected chi connectivity index (χ2v) is 4.84. The summed E-state index contributed by atoms with van der Waals surface area (Å²) in [7, 11) is 0. The van der Waals surface area contributed by atoms with Crippen LogP contribution in [0.4, 0.5) is 0 Å². The fourth-order valence-electron chi connectivity index (χ4n) is 2.42. The van der Waals surface area contributed by atoms with Crippen molar-refractivity contribution in [2.45, 2.75) is 32.1 Å². The van der Waals surface area contributed by atoms with Gasteiger partial charge in [0, 0.05) is 18.8 Å². The minimum absolute atomic E-state index is 0.159. The van der Waals surface area contributed by atoms with Gasteiger partial charge in [-0.2, -0.15) is 0 Å². The lowest BCUT2D eigenvalue weighted by molar-refractivity contribution is -0.129. The average Bonchev–Trinajstić information content (AvgIpc) is 2.77.